The van der Waals surface area contributed by atoms with Crippen LogP contribution in [0.15, 0.2) is 27.3 Å². The van der Waals surface area contributed by atoms with E-state index in [0.29, 0.717) is 0 Å². The lowest BCUT2D eigenvalue weighted by Crippen LogP contribution is -1.75. The molecule has 13 heavy (non-hydrogen) atoms. The standard InChI is InChI=1S/C10H10S3/c1-6-5-13-9-4-8(11)10(12-2)3-7(6)9/h3-5,11H,1-2H3. The molecule has 2 aromatic rings. The van der Waals surface area contributed by atoms with E-state index in [9.17, 15) is 0 Å². The number of rotatable bonds is 1. The van der Waals surface area contributed by atoms with Crippen molar-refractivity contribution in [3.8, 4) is 0 Å². The number of thioether (sulfide) groups is 1. The molecule has 0 aliphatic rings. The van der Waals surface area contributed by atoms with Gasteiger partial charge < -0.3 is 0 Å². The van der Waals surface area contributed by atoms with Crippen LogP contribution in [0.1, 0.15) is 5.56 Å². The van der Waals surface area contributed by atoms with E-state index in [0.717, 1.165) is 4.90 Å². The molecule has 0 radical (unpaired) electrons. The Morgan fingerprint density at radius 1 is 1.38 bits per heavy atom. The van der Waals surface area contributed by atoms with Gasteiger partial charge in [-0.05, 0) is 41.6 Å². The van der Waals surface area contributed by atoms with Gasteiger partial charge in [0, 0.05) is 14.5 Å². The van der Waals surface area contributed by atoms with Crippen molar-refractivity contribution in [2.45, 2.75) is 16.7 Å². The van der Waals surface area contributed by atoms with Crippen LogP contribution in [-0.2, 0) is 0 Å². The molecule has 0 atom stereocenters. The smallest absolute Gasteiger partial charge is 0.0357 e. The quantitative estimate of drug-likeness (QED) is 0.561. The highest BCUT2D eigenvalue weighted by Gasteiger charge is 2.04. The molecule has 0 bridgehead atoms. The first-order valence-electron chi connectivity index (χ1n) is 3.97. The first-order chi connectivity index (χ1) is 6.22. The van der Waals surface area contributed by atoms with Crippen molar-refractivity contribution in [3.05, 3.63) is 23.1 Å². The Kier molecular flexibility index (Phi) is 2.58. The minimum atomic E-state index is 1.09. The van der Waals surface area contributed by atoms with E-state index in [4.69, 9.17) is 0 Å². The summed E-state index contributed by atoms with van der Waals surface area (Å²) in [6, 6.07) is 4.39. The molecule has 0 nitrogen and oxygen atoms in total. The Bertz CT molecular complexity index is 443. The molecule has 2 rings (SSSR count). The van der Waals surface area contributed by atoms with Gasteiger partial charge in [0.1, 0.15) is 0 Å². The molecular weight excluding hydrogens is 216 g/mol. The minimum Gasteiger partial charge on any atom is -0.143 e. The van der Waals surface area contributed by atoms with Crippen LogP contribution in [0.3, 0.4) is 0 Å². The predicted octanol–water partition coefficient (Wildman–Crippen LogP) is 4.22. The van der Waals surface area contributed by atoms with Gasteiger partial charge in [0.15, 0.2) is 0 Å². The van der Waals surface area contributed by atoms with Crippen molar-refractivity contribution < 1.29 is 0 Å². The molecule has 68 valence electrons. The molecule has 0 saturated carbocycles. The van der Waals surface area contributed by atoms with Crippen LogP contribution in [0.2, 0.25) is 0 Å². The predicted molar refractivity (Wildman–Crippen MR) is 65.6 cm³/mol. The number of thiol groups is 1. The summed E-state index contributed by atoms with van der Waals surface area (Å²) in [7, 11) is 0. The maximum absolute atomic E-state index is 4.45. The van der Waals surface area contributed by atoms with Crippen molar-refractivity contribution >= 4 is 45.8 Å². The van der Waals surface area contributed by atoms with Crippen molar-refractivity contribution in [3.63, 3.8) is 0 Å². The fourth-order valence-electron chi connectivity index (χ4n) is 1.33. The maximum Gasteiger partial charge on any atom is 0.0357 e. The average Bonchev–Trinajstić information content (AvgIpc) is 2.46. The van der Waals surface area contributed by atoms with Gasteiger partial charge in [-0.1, -0.05) is 0 Å². The molecule has 0 amide bonds. The van der Waals surface area contributed by atoms with Gasteiger partial charge in [-0.25, -0.2) is 0 Å². The number of benzene rings is 1. The third-order valence-electron chi connectivity index (χ3n) is 2.07. The molecule has 0 fully saturated rings. The van der Waals surface area contributed by atoms with E-state index in [-0.39, 0.29) is 0 Å². The molecule has 1 aromatic heterocycles. The number of fused-ring (bicyclic) bond motifs is 1. The molecule has 3 heteroatoms. The van der Waals surface area contributed by atoms with Crippen LogP contribution in [0.4, 0.5) is 0 Å². The second-order valence-corrected chi connectivity index (χ2v) is 5.18. The SMILES string of the molecule is CSc1cc2c(C)csc2cc1S. The average molecular weight is 226 g/mol. The molecule has 0 N–H and O–H groups in total. The topological polar surface area (TPSA) is 0 Å². The first kappa shape index (κ1) is 9.44. The van der Waals surface area contributed by atoms with E-state index in [1.807, 2.05) is 0 Å². The molecule has 0 saturated heterocycles. The van der Waals surface area contributed by atoms with Gasteiger partial charge in [0.25, 0.3) is 0 Å². The molecule has 0 aliphatic heterocycles. The number of hydrogen-bond acceptors (Lipinski definition) is 3. The fraction of sp³-hybridized carbons (Fsp3) is 0.200. The third kappa shape index (κ3) is 1.60. The maximum atomic E-state index is 4.45. The van der Waals surface area contributed by atoms with E-state index in [1.165, 1.54) is 20.5 Å². The van der Waals surface area contributed by atoms with E-state index < -0.39 is 0 Å². The Labute approximate surface area is 91.8 Å². The Hall–Kier alpha value is -0.120. The van der Waals surface area contributed by atoms with Gasteiger partial charge in [0.2, 0.25) is 0 Å². The molecule has 0 spiro atoms. The normalized spacial score (nSPS) is 11.0. The van der Waals surface area contributed by atoms with Crippen LogP contribution < -0.4 is 0 Å². The number of hydrogen-bond donors (Lipinski definition) is 1. The van der Waals surface area contributed by atoms with Gasteiger partial charge >= 0.3 is 0 Å². The van der Waals surface area contributed by atoms with E-state index in [1.54, 1.807) is 23.1 Å². The highest BCUT2D eigenvalue weighted by molar-refractivity contribution is 7.99. The summed E-state index contributed by atoms with van der Waals surface area (Å²) in [5.41, 5.74) is 1.36. The molecule has 1 heterocycles. The van der Waals surface area contributed by atoms with Gasteiger partial charge in [-0.15, -0.1) is 35.7 Å². The van der Waals surface area contributed by atoms with Crippen LogP contribution in [-0.4, -0.2) is 6.26 Å². The summed E-state index contributed by atoms with van der Waals surface area (Å²) in [6.07, 6.45) is 2.09. The number of aryl methyl sites for hydroxylation is 1. The zero-order chi connectivity index (χ0) is 9.42. The molecule has 0 aliphatic carbocycles. The van der Waals surface area contributed by atoms with Crippen LogP contribution in [0.25, 0.3) is 10.1 Å². The van der Waals surface area contributed by atoms with Crippen LogP contribution in [0.5, 0.6) is 0 Å². The Morgan fingerprint density at radius 3 is 2.85 bits per heavy atom. The molecule has 1 aromatic carbocycles. The van der Waals surface area contributed by atoms with Gasteiger partial charge in [-0.2, -0.15) is 0 Å². The summed E-state index contributed by atoms with van der Waals surface area (Å²) in [4.78, 5) is 2.35. The van der Waals surface area contributed by atoms with Crippen molar-refractivity contribution in [1.82, 2.24) is 0 Å². The monoisotopic (exact) mass is 226 g/mol. The van der Waals surface area contributed by atoms with Crippen molar-refractivity contribution in [2.24, 2.45) is 0 Å². The highest BCUT2D eigenvalue weighted by Crippen LogP contribution is 2.33. The zero-order valence-corrected chi connectivity index (χ0v) is 10.0. The molecule has 0 unspecified atom stereocenters. The number of thiophene rings is 1. The third-order valence-corrected chi connectivity index (χ3v) is 4.43. The Morgan fingerprint density at radius 2 is 2.15 bits per heavy atom. The van der Waals surface area contributed by atoms with E-state index in [2.05, 4.69) is 43.3 Å². The minimum absolute atomic E-state index is 1.09. The lowest BCUT2D eigenvalue weighted by Gasteiger charge is -2.01. The summed E-state index contributed by atoms with van der Waals surface area (Å²) < 4.78 is 1.33. The highest BCUT2D eigenvalue weighted by atomic mass is 32.2. The van der Waals surface area contributed by atoms with Crippen molar-refractivity contribution in [1.29, 1.82) is 0 Å². The first-order valence-corrected chi connectivity index (χ1v) is 6.52. The molecular formula is C10H10S3. The summed E-state index contributed by atoms with van der Waals surface area (Å²) in [5, 5.41) is 3.56. The fourth-order valence-corrected chi connectivity index (χ4v) is 3.36. The zero-order valence-electron chi connectivity index (χ0n) is 7.50. The second-order valence-electron chi connectivity index (χ2n) is 2.94. The van der Waals surface area contributed by atoms with E-state index >= 15 is 0 Å². The van der Waals surface area contributed by atoms with Gasteiger partial charge in [0.05, 0.1) is 0 Å². The van der Waals surface area contributed by atoms with Gasteiger partial charge in [-0.3, -0.25) is 0 Å². The second kappa shape index (κ2) is 3.56. The largest absolute Gasteiger partial charge is 0.143 e. The lowest BCUT2D eigenvalue weighted by atomic mass is 10.2. The summed E-state index contributed by atoms with van der Waals surface area (Å²) >= 11 is 7.99. The lowest BCUT2D eigenvalue weighted by molar-refractivity contribution is 1.30. The Balaban J connectivity index is 2.77. The van der Waals surface area contributed by atoms with Crippen LogP contribution in [0, 0.1) is 6.92 Å². The summed E-state index contributed by atoms with van der Waals surface area (Å²) in [5.74, 6) is 0. The summed E-state index contributed by atoms with van der Waals surface area (Å²) in [6.45, 7) is 2.15. The van der Waals surface area contributed by atoms with Crippen molar-refractivity contribution in [2.75, 3.05) is 6.26 Å². The van der Waals surface area contributed by atoms with Crippen LogP contribution >= 0.6 is 35.7 Å².